The molecule has 0 unspecified atom stereocenters. The van der Waals surface area contributed by atoms with Gasteiger partial charge >= 0.3 is 0 Å². The minimum Gasteiger partial charge on any atom is -0.0950 e. The van der Waals surface area contributed by atoms with Gasteiger partial charge in [-0.15, -0.1) is 0 Å². The van der Waals surface area contributed by atoms with Crippen LogP contribution in [0.4, 0.5) is 0 Å². The van der Waals surface area contributed by atoms with E-state index >= 15 is 0 Å². The van der Waals surface area contributed by atoms with Crippen molar-refractivity contribution < 1.29 is 0 Å². The summed E-state index contributed by atoms with van der Waals surface area (Å²) in [6.45, 7) is 2.09. The maximum absolute atomic E-state index is 2.34. The second-order valence-corrected chi connectivity index (χ2v) is 5.96. The van der Waals surface area contributed by atoms with Crippen molar-refractivity contribution in [3.8, 4) is 0 Å². The predicted octanol–water partition coefficient (Wildman–Crippen LogP) is 2.41. The first-order valence-corrected chi connectivity index (χ1v) is 7.10. The molecule has 0 aliphatic rings. The first-order valence-electron chi connectivity index (χ1n) is 5.52. The van der Waals surface area contributed by atoms with Gasteiger partial charge in [0.25, 0.3) is 0 Å². The Morgan fingerprint density at radius 3 is 1.56 bits per heavy atom. The standard InChI is InChI=1S/C15H15Si/c1-2-13-16(14-9-5-3-6-10-14)15-11-7-4-8-12-15/h2-13H,1H3/b13-2-. The number of allylic oxidation sites excluding steroid dienone is 1. The highest BCUT2D eigenvalue weighted by Crippen LogP contribution is 1.94. The highest BCUT2D eigenvalue weighted by atomic mass is 28.3. The van der Waals surface area contributed by atoms with Crippen molar-refractivity contribution in [1.82, 2.24) is 0 Å². The summed E-state index contributed by atoms with van der Waals surface area (Å²) < 4.78 is 0. The first kappa shape index (κ1) is 10.9. The Kier molecular flexibility index (Phi) is 3.73. The van der Waals surface area contributed by atoms with Crippen LogP contribution in [0.1, 0.15) is 6.92 Å². The molecule has 0 heterocycles. The molecule has 0 atom stereocenters. The zero-order chi connectivity index (χ0) is 11.2. The summed E-state index contributed by atoms with van der Waals surface area (Å²) in [7, 11) is -0.731. The van der Waals surface area contributed by atoms with Gasteiger partial charge in [0.05, 0.1) is 0 Å². The second-order valence-electron chi connectivity index (χ2n) is 3.65. The molecule has 2 aromatic carbocycles. The van der Waals surface area contributed by atoms with Gasteiger partial charge in [-0.2, -0.15) is 0 Å². The van der Waals surface area contributed by atoms with Crippen molar-refractivity contribution in [2.45, 2.75) is 6.92 Å². The molecule has 0 aliphatic carbocycles. The largest absolute Gasteiger partial charge is 0.146 e. The third-order valence-electron chi connectivity index (χ3n) is 2.50. The van der Waals surface area contributed by atoms with Crippen LogP contribution in [0.2, 0.25) is 0 Å². The van der Waals surface area contributed by atoms with E-state index in [0.29, 0.717) is 0 Å². The van der Waals surface area contributed by atoms with Gasteiger partial charge in [0.2, 0.25) is 0 Å². The van der Waals surface area contributed by atoms with E-state index in [1.807, 2.05) is 0 Å². The van der Waals surface area contributed by atoms with Crippen LogP contribution >= 0.6 is 0 Å². The summed E-state index contributed by atoms with van der Waals surface area (Å²) in [6.07, 6.45) is 2.16. The zero-order valence-corrected chi connectivity index (χ0v) is 10.4. The van der Waals surface area contributed by atoms with Crippen molar-refractivity contribution in [1.29, 1.82) is 0 Å². The Labute approximate surface area is 98.9 Å². The lowest BCUT2D eigenvalue weighted by Crippen LogP contribution is -2.40. The molecule has 1 heteroatoms. The number of rotatable bonds is 3. The van der Waals surface area contributed by atoms with Gasteiger partial charge in [-0.1, -0.05) is 82.8 Å². The molecule has 0 aliphatic heterocycles. The van der Waals surface area contributed by atoms with Gasteiger partial charge in [0.15, 0.2) is 0 Å². The van der Waals surface area contributed by atoms with E-state index in [4.69, 9.17) is 0 Å². The molecule has 2 rings (SSSR count). The van der Waals surface area contributed by atoms with Crippen LogP contribution in [0.15, 0.2) is 72.4 Å². The fourth-order valence-electron chi connectivity index (χ4n) is 1.76. The fraction of sp³-hybridized carbons (Fsp3) is 0.0667. The molecule has 0 saturated heterocycles. The van der Waals surface area contributed by atoms with E-state index < -0.39 is 8.80 Å². The fourth-order valence-corrected chi connectivity index (χ4v) is 3.92. The number of benzene rings is 2. The molecule has 0 nitrogen and oxygen atoms in total. The number of hydrogen-bond donors (Lipinski definition) is 0. The normalized spacial score (nSPS) is 11.1. The molecule has 0 bridgehead atoms. The summed E-state index contributed by atoms with van der Waals surface area (Å²) in [5.74, 6) is 0. The van der Waals surface area contributed by atoms with Gasteiger partial charge in [-0.05, 0) is 6.92 Å². The van der Waals surface area contributed by atoms with Crippen LogP contribution in [0, 0.1) is 0 Å². The monoisotopic (exact) mass is 223 g/mol. The molecule has 0 fully saturated rings. The van der Waals surface area contributed by atoms with Crippen molar-refractivity contribution >= 4 is 19.2 Å². The van der Waals surface area contributed by atoms with Gasteiger partial charge in [0.1, 0.15) is 8.80 Å². The molecule has 79 valence electrons. The third kappa shape index (κ3) is 2.50. The molecule has 0 saturated carbocycles. The summed E-state index contributed by atoms with van der Waals surface area (Å²) in [6, 6.07) is 21.5. The van der Waals surface area contributed by atoms with Crippen molar-refractivity contribution in [3.63, 3.8) is 0 Å². The van der Waals surface area contributed by atoms with Crippen molar-refractivity contribution in [2.75, 3.05) is 0 Å². The summed E-state index contributed by atoms with van der Waals surface area (Å²) in [5, 5.41) is 2.88. The highest BCUT2D eigenvalue weighted by molar-refractivity contribution is 6.89. The van der Waals surface area contributed by atoms with E-state index in [1.54, 1.807) is 0 Å². The van der Waals surface area contributed by atoms with Crippen molar-refractivity contribution in [2.24, 2.45) is 0 Å². The first-order chi connectivity index (χ1) is 7.92. The van der Waals surface area contributed by atoms with Crippen LogP contribution in [0.25, 0.3) is 0 Å². The average molecular weight is 223 g/mol. The summed E-state index contributed by atoms with van der Waals surface area (Å²) in [4.78, 5) is 0. The van der Waals surface area contributed by atoms with E-state index in [1.165, 1.54) is 10.4 Å². The van der Waals surface area contributed by atoms with Crippen LogP contribution < -0.4 is 10.4 Å². The minimum absolute atomic E-state index is 0.731. The number of hydrogen-bond acceptors (Lipinski definition) is 0. The lowest BCUT2D eigenvalue weighted by molar-refractivity contribution is 1.72. The molecule has 0 aromatic heterocycles. The molecule has 0 spiro atoms. The Morgan fingerprint density at radius 2 is 1.19 bits per heavy atom. The van der Waals surface area contributed by atoms with Gasteiger partial charge in [-0.25, -0.2) is 0 Å². The van der Waals surface area contributed by atoms with E-state index in [9.17, 15) is 0 Å². The van der Waals surface area contributed by atoms with Gasteiger partial charge in [0, 0.05) is 0 Å². The molecule has 0 amide bonds. The topological polar surface area (TPSA) is 0 Å². The molecular formula is C15H15Si. The minimum atomic E-state index is -0.731. The van der Waals surface area contributed by atoms with Crippen LogP contribution in [-0.4, -0.2) is 8.80 Å². The van der Waals surface area contributed by atoms with Gasteiger partial charge in [-0.3, -0.25) is 0 Å². The van der Waals surface area contributed by atoms with Crippen LogP contribution in [0.5, 0.6) is 0 Å². The Balaban J connectivity index is 2.39. The van der Waals surface area contributed by atoms with Crippen LogP contribution in [0.3, 0.4) is 0 Å². The van der Waals surface area contributed by atoms with E-state index in [0.717, 1.165) is 0 Å². The lowest BCUT2D eigenvalue weighted by Gasteiger charge is -2.11. The maximum Gasteiger partial charge on any atom is 0.146 e. The Bertz CT molecular complexity index is 406. The molecular weight excluding hydrogens is 208 g/mol. The molecule has 2 aromatic rings. The molecule has 16 heavy (non-hydrogen) atoms. The second kappa shape index (κ2) is 5.47. The smallest absolute Gasteiger partial charge is 0.0950 e. The van der Waals surface area contributed by atoms with Crippen LogP contribution in [-0.2, 0) is 0 Å². The molecule has 1 radical (unpaired) electrons. The Morgan fingerprint density at radius 1 is 0.750 bits per heavy atom. The van der Waals surface area contributed by atoms with Crippen molar-refractivity contribution in [3.05, 3.63) is 72.4 Å². The summed E-state index contributed by atoms with van der Waals surface area (Å²) in [5.41, 5.74) is 2.34. The average Bonchev–Trinajstić information content (AvgIpc) is 2.38. The zero-order valence-electron chi connectivity index (χ0n) is 9.43. The SMILES string of the molecule is C/C=C\[Si](c1ccccc1)c1ccccc1. The third-order valence-corrected chi connectivity index (χ3v) is 5.08. The quantitative estimate of drug-likeness (QED) is 0.701. The summed E-state index contributed by atoms with van der Waals surface area (Å²) >= 11 is 0. The maximum atomic E-state index is 2.34. The Hall–Kier alpha value is -1.60. The van der Waals surface area contributed by atoms with Gasteiger partial charge < -0.3 is 0 Å². The van der Waals surface area contributed by atoms with E-state index in [-0.39, 0.29) is 0 Å². The van der Waals surface area contributed by atoms with E-state index in [2.05, 4.69) is 79.4 Å². The highest BCUT2D eigenvalue weighted by Gasteiger charge is 2.11. The molecule has 0 N–H and O–H groups in total. The lowest BCUT2D eigenvalue weighted by atomic mass is 10.4. The predicted molar refractivity (Wildman–Crippen MR) is 72.7 cm³/mol.